The number of sulfonamides is 1. The second-order valence-corrected chi connectivity index (χ2v) is 6.28. The molecule has 114 valence electrons. The van der Waals surface area contributed by atoms with E-state index < -0.39 is 10.0 Å². The zero-order valence-electron chi connectivity index (χ0n) is 12.1. The van der Waals surface area contributed by atoms with Gasteiger partial charge in [-0.3, -0.25) is 4.72 Å². The van der Waals surface area contributed by atoms with Crippen LogP contribution in [0.5, 0.6) is 0 Å². The van der Waals surface area contributed by atoms with Crippen LogP contribution < -0.4 is 15.8 Å². The van der Waals surface area contributed by atoms with E-state index in [4.69, 9.17) is 12.2 Å². The molecule has 4 N–H and O–H groups in total. The van der Waals surface area contributed by atoms with Crippen LogP contribution in [-0.4, -0.2) is 15.5 Å². The van der Waals surface area contributed by atoms with Gasteiger partial charge in [-0.2, -0.15) is 0 Å². The second-order valence-electron chi connectivity index (χ2n) is 4.60. The number of nitrogens with one attached hydrogen (secondary N) is 2. The summed E-state index contributed by atoms with van der Waals surface area (Å²) in [7, 11) is -1.89. The predicted molar refractivity (Wildman–Crippen MR) is 89.1 cm³/mol. The molecule has 0 fully saturated rings. The molecule has 0 unspecified atom stereocenters. The van der Waals surface area contributed by atoms with Crippen molar-refractivity contribution in [1.82, 2.24) is 0 Å². The van der Waals surface area contributed by atoms with Gasteiger partial charge in [0.1, 0.15) is 0 Å². The van der Waals surface area contributed by atoms with Crippen molar-refractivity contribution in [3.05, 3.63) is 53.6 Å². The van der Waals surface area contributed by atoms with Crippen molar-refractivity contribution in [3.8, 4) is 12.3 Å². The van der Waals surface area contributed by atoms with Gasteiger partial charge in [0.15, 0.2) is 0 Å². The van der Waals surface area contributed by atoms with Crippen LogP contribution in [0, 0.1) is 12.3 Å². The van der Waals surface area contributed by atoms with Gasteiger partial charge in [0.25, 0.3) is 10.0 Å². The Hall–Kier alpha value is -2.49. The van der Waals surface area contributed by atoms with Gasteiger partial charge in [-0.25, -0.2) is 8.42 Å². The topological polar surface area (TPSA) is 84.2 Å². The molecule has 0 bridgehead atoms. The number of benzene rings is 2. The van der Waals surface area contributed by atoms with Gasteiger partial charge in [-0.1, -0.05) is 5.92 Å². The SMILES string of the molecule is C#Cc1ccc(NS(=O)(=O)c2ccc(NC)cc2)cc1CN. The number of nitrogens with two attached hydrogens (primary N) is 1. The fourth-order valence-electron chi connectivity index (χ4n) is 1.98. The van der Waals surface area contributed by atoms with E-state index in [9.17, 15) is 8.42 Å². The molecule has 0 heterocycles. The number of anilines is 2. The number of hydrogen-bond donors (Lipinski definition) is 3. The Kier molecular flexibility index (Phi) is 4.71. The van der Waals surface area contributed by atoms with E-state index in [2.05, 4.69) is 16.0 Å². The van der Waals surface area contributed by atoms with Crippen LogP contribution in [0.2, 0.25) is 0 Å². The largest absolute Gasteiger partial charge is 0.388 e. The lowest BCUT2D eigenvalue weighted by atomic mass is 10.1. The zero-order chi connectivity index (χ0) is 16.2. The highest BCUT2D eigenvalue weighted by molar-refractivity contribution is 7.92. The Balaban J connectivity index is 2.30. The second kappa shape index (κ2) is 6.52. The van der Waals surface area contributed by atoms with Crippen LogP contribution >= 0.6 is 0 Å². The van der Waals surface area contributed by atoms with Crippen LogP contribution in [0.1, 0.15) is 11.1 Å². The minimum atomic E-state index is -3.65. The summed E-state index contributed by atoms with van der Waals surface area (Å²) in [5.41, 5.74) is 8.26. The van der Waals surface area contributed by atoms with Crippen molar-refractivity contribution in [3.63, 3.8) is 0 Å². The van der Waals surface area contributed by atoms with E-state index in [-0.39, 0.29) is 11.4 Å². The maximum absolute atomic E-state index is 12.4. The first-order chi connectivity index (χ1) is 10.5. The number of terminal acetylenes is 1. The van der Waals surface area contributed by atoms with Crippen LogP contribution in [0.4, 0.5) is 11.4 Å². The molecule has 2 rings (SSSR count). The Labute approximate surface area is 130 Å². The summed E-state index contributed by atoms with van der Waals surface area (Å²) < 4.78 is 27.2. The molecule has 0 amide bonds. The molecule has 6 heteroatoms. The minimum Gasteiger partial charge on any atom is -0.388 e. The van der Waals surface area contributed by atoms with Crippen LogP contribution in [-0.2, 0) is 16.6 Å². The third-order valence-corrected chi connectivity index (χ3v) is 4.58. The highest BCUT2D eigenvalue weighted by Gasteiger charge is 2.14. The lowest BCUT2D eigenvalue weighted by Gasteiger charge is -2.11. The molecule has 2 aromatic carbocycles. The van der Waals surface area contributed by atoms with E-state index in [1.807, 2.05) is 0 Å². The summed E-state index contributed by atoms with van der Waals surface area (Å²) in [6, 6.07) is 11.4. The normalized spacial score (nSPS) is 10.8. The summed E-state index contributed by atoms with van der Waals surface area (Å²) in [4.78, 5) is 0.182. The molecule has 0 radical (unpaired) electrons. The fraction of sp³-hybridized carbons (Fsp3) is 0.125. The smallest absolute Gasteiger partial charge is 0.261 e. The van der Waals surface area contributed by atoms with E-state index >= 15 is 0 Å². The Morgan fingerprint density at radius 2 is 1.77 bits per heavy atom. The van der Waals surface area contributed by atoms with Gasteiger partial charge in [-0.15, -0.1) is 6.42 Å². The summed E-state index contributed by atoms with van der Waals surface area (Å²) >= 11 is 0. The molecule has 5 nitrogen and oxygen atoms in total. The van der Waals surface area contributed by atoms with Crippen molar-refractivity contribution in [2.24, 2.45) is 5.73 Å². The monoisotopic (exact) mass is 315 g/mol. The Bertz CT molecular complexity index is 806. The minimum absolute atomic E-state index is 0.182. The van der Waals surface area contributed by atoms with Crippen molar-refractivity contribution < 1.29 is 8.42 Å². The average molecular weight is 315 g/mol. The van der Waals surface area contributed by atoms with Crippen molar-refractivity contribution >= 4 is 21.4 Å². The first kappa shape index (κ1) is 15.9. The summed E-state index contributed by atoms with van der Waals surface area (Å²) in [5.74, 6) is 2.52. The summed E-state index contributed by atoms with van der Waals surface area (Å²) in [6.45, 7) is 0.242. The van der Waals surface area contributed by atoms with E-state index in [0.29, 0.717) is 16.8 Å². The van der Waals surface area contributed by atoms with Crippen molar-refractivity contribution in [1.29, 1.82) is 0 Å². The third-order valence-electron chi connectivity index (χ3n) is 3.19. The van der Waals surface area contributed by atoms with Crippen LogP contribution in [0.3, 0.4) is 0 Å². The average Bonchev–Trinajstić information content (AvgIpc) is 2.54. The van der Waals surface area contributed by atoms with E-state index in [1.54, 1.807) is 37.4 Å². The lowest BCUT2D eigenvalue weighted by molar-refractivity contribution is 0.601. The zero-order valence-corrected chi connectivity index (χ0v) is 12.9. The number of rotatable bonds is 5. The lowest BCUT2D eigenvalue weighted by Crippen LogP contribution is -2.13. The fourth-order valence-corrected chi connectivity index (χ4v) is 3.03. The molecule has 0 spiro atoms. The molecule has 22 heavy (non-hydrogen) atoms. The molecule has 0 aliphatic heterocycles. The summed E-state index contributed by atoms with van der Waals surface area (Å²) in [6.07, 6.45) is 5.37. The van der Waals surface area contributed by atoms with E-state index in [0.717, 1.165) is 5.69 Å². The van der Waals surface area contributed by atoms with Crippen LogP contribution in [0.25, 0.3) is 0 Å². The molecule has 0 saturated heterocycles. The molecule has 0 aromatic heterocycles. The Morgan fingerprint density at radius 3 is 2.32 bits per heavy atom. The summed E-state index contributed by atoms with van der Waals surface area (Å²) in [5, 5.41) is 2.94. The maximum atomic E-state index is 12.4. The van der Waals surface area contributed by atoms with Gasteiger partial charge in [-0.05, 0) is 48.0 Å². The third kappa shape index (κ3) is 3.39. The standard InChI is InChI=1S/C16H17N3O2S/c1-3-12-4-5-15(10-13(12)11-17)19-22(20,21)16-8-6-14(18-2)7-9-16/h1,4-10,18-19H,11,17H2,2H3. The van der Waals surface area contributed by atoms with Gasteiger partial charge in [0, 0.05) is 30.5 Å². The molecule has 0 aliphatic rings. The van der Waals surface area contributed by atoms with Crippen molar-refractivity contribution in [2.45, 2.75) is 11.4 Å². The molecular weight excluding hydrogens is 298 g/mol. The molecule has 0 saturated carbocycles. The Morgan fingerprint density at radius 1 is 1.14 bits per heavy atom. The number of hydrogen-bond acceptors (Lipinski definition) is 4. The first-order valence-corrected chi connectivity index (χ1v) is 8.08. The molecule has 0 atom stereocenters. The van der Waals surface area contributed by atoms with Gasteiger partial charge in [0.05, 0.1) is 4.90 Å². The highest BCUT2D eigenvalue weighted by Crippen LogP contribution is 2.20. The molecule has 2 aromatic rings. The maximum Gasteiger partial charge on any atom is 0.261 e. The quantitative estimate of drug-likeness (QED) is 0.737. The van der Waals surface area contributed by atoms with Gasteiger partial charge >= 0.3 is 0 Å². The predicted octanol–water partition coefficient (Wildman–Crippen LogP) is 1.97. The molecular formula is C16H17N3O2S. The highest BCUT2D eigenvalue weighted by atomic mass is 32.2. The van der Waals surface area contributed by atoms with Gasteiger partial charge in [0.2, 0.25) is 0 Å². The van der Waals surface area contributed by atoms with E-state index in [1.165, 1.54) is 12.1 Å². The van der Waals surface area contributed by atoms with Crippen LogP contribution in [0.15, 0.2) is 47.4 Å². The van der Waals surface area contributed by atoms with Crippen molar-refractivity contribution in [2.75, 3.05) is 17.1 Å². The first-order valence-electron chi connectivity index (χ1n) is 6.60. The molecule has 0 aliphatic carbocycles. The van der Waals surface area contributed by atoms with Gasteiger partial charge < -0.3 is 11.1 Å².